The molecule has 278 valence electrons. The number of hydrogen-bond donors (Lipinski definition) is 4. The summed E-state index contributed by atoms with van der Waals surface area (Å²) in [6, 6.07) is 4.38. The number of hydrogen-bond acceptors (Lipinski definition) is 8. The van der Waals surface area contributed by atoms with E-state index in [0.29, 0.717) is 12.0 Å². The van der Waals surface area contributed by atoms with E-state index in [4.69, 9.17) is 4.74 Å². The summed E-state index contributed by atoms with van der Waals surface area (Å²) in [5, 5.41) is 10.3. The number of carbonyl (C=O) groups is 7. The Morgan fingerprint density at radius 1 is 0.940 bits per heavy atom. The third-order valence-corrected chi connectivity index (χ3v) is 8.05. The van der Waals surface area contributed by atoms with Gasteiger partial charge in [0.1, 0.15) is 23.7 Å². The highest BCUT2D eigenvalue weighted by atomic mass is 16.6. The van der Waals surface area contributed by atoms with Crippen LogP contribution < -0.4 is 21.3 Å². The van der Waals surface area contributed by atoms with Gasteiger partial charge >= 0.3 is 6.09 Å². The fourth-order valence-corrected chi connectivity index (χ4v) is 5.61. The summed E-state index contributed by atoms with van der Waals surface area (Å²) < 4.78 is 5.40. The van der Waals surface area contributed by atoms with Crippen LogP contribution in [0.15, 0.2) is 30.3 Å². The number of benzene rings is 1. The number of ether oxygens (including phenoxy) is 1. The molecule has 0 aromatic heterocycles. The molecule has 1 heterocycles. The predicted octanol–water partition coefficient (Wildman–Crippen LogP) is 2.47. The second kappa shape index (κ2) is 16.9. The van der Waals surface area contributed by atoms with E-state index >= 15 is 0 Å². The van der Waals surface area contributed by atoms with E-state index in [0.717, 1.165) is 0 Å². The largest absolute Gasteiger partial charge is 0.444 e. The molecule has 1 saturated heterocycles. The minimum atomic E-state index is -1.22. The van der Waals surface area contributed by atoms with Gasteiger partial charge in [-0.2, -0.15) is 0 Å². The van der Waals surface area contributed by atoms with Gasteiger partial charge in [-0.05, 0) is 50.0 Å². The van der Waals surface area contributed by atoms with E-state index in [1.54, 1.807) is 92.9 Å². The first-order valence-electron chi connectivity index (χ1n) is 16.9. The van der Waals surface area contributed by atoms with Crippen molar-refractivity contribution < 1.29 is 38.3 Å². The summed E-state index contributed by atoms with van der Waals surface area (Å²) in [6.07, 6.45) is 0.0904. The van der Waals surface area contributed by atoms with E-state index in [-0.39, 0.29) is 25.3 Å². The Morgan fingerprint density at radius 2 is 1.54 bits per heavy atom. The SMILES string of the molecule is CCCC(NC(=O)[C@@H]1CC(C)(C)CN1C(=O)[C@@H](NC(=O)OC(C)(C)C)C(C)(C)C)C(=O)C(=O)NCC(=O)N[C@H](C(=O)N(C)C)c1ccccc1. The first kappa shape index (κ1) is 41.7. The molecule has 0 bridgehead atoms. The van der Waals surface area contributed by atoms with Crippen LogP contribution in [0.4, 0.5) is 4.79 Å². The van der Waals surface area contributed by atoms with Crippen LogP contribution in [0, 0.1) is 10.8 Å². The number of alkyl carbamates (subject to hydrolysis) is 1. The zero-order chi connectivity index (χ0) is 38.2. The molecule has 0 saturated carbocycles. The molecule has 1 aromatic carbocycles. The number of nitrogens with zero attached hydrogens (tertiary/aromatic N) is 2. The topological polar surface area (TPSA) is 183 Å². The van der Waals surface area contributed by atoms with Crippen LogP contribution in [-0.4, -0.2) is 102 Å². The van der Waals surface area contributed by atoms with Gasteiger partial charge in [0.25, 0.3) is 5.91 Å². The lowest BCUT2D eigenvalue weighted by Crippen LogP contribution is -2.59. The van der Waals surface area contributed by atoms with Crippen LogP contribution >= 0.6 is 0 Å². The standard InChI is InChI=1S/C36H56N6O8/c1-12-16-23(27(44)30(46)37-20-25(43)39-26(31(47)41(10)11)22-17-14-13-15-18-22)38-29(45)24-19-36(8,9)21-42(24)32(48)28(34(2,3)4)40-33(49)50-35(5,6)7/h13-15,17-18,23-24,26,28H,12,16,19-21H2,1-11H3,(H,37,46)(H,38,45)(H,39,43)(H,40,49)/t23?,24-,26-,28+/m0/s1. The Morgan fingerprint density at radius 3 is 2.06 bits per heavy atom. The average Bonchev–Trinajstić information content (AvgIpc) is 3.34. The quantitative estimate of drug-likeness (QED) is 0.226. The minimum absolute atomic E-state index is 0.131. The van der Waals surface area contributed by atoms with E-state index in [2.05, 4.69) is 21.3 Å². The van der Waals surface area contributed by atoms with E-state index < -0.39 is 82.6 Å². The maximum atomic E-state index is 14.0. The number of carbonyl (C=O) groups excluding carboxylic acids is 7. The highest BCUT2D eigenvalue weighted by Gasteiger charge is 2.48. The lowest BCUT2D eigenvalue weighted by molar-refractivity contribution is -0.144. The van der Waals surface area contributed by atoms with Crippen molar-refractivity contribution in [2.45, 2.75) is 111 Å². The molecule has 0 aliphatic carbocycles. The van der Waals surface area contributed by atoms with Crippen LogP contribution in [0.5, 0.6) is 0 Å². The van der Waals surface area contributed by atoms with Crippen molar-refractivity contribution in [2.24, 2.45) is 10.8 Å². The molecular weight excluding hydrogens is 644 g/mol. The van der Waals surface area contributed by atoms with Gasteiger partial charge in [-0.25, -0.2) is 4.79 Å². The second-order valence-electron chi connectivity index (χ2n) is 15.8. The van der Waals surface area contributed by atoms with Gasteiger partial charge in [0, 0.05) is 20.6 Å². The van der Waals surface area contributed by atoms with E-state index in [9.17, 15) is 33.6 Å². The van der Waals surface area contributed by atoms with Gasteiger partial charge < -0.3 is 35.8 Å². The molecule has 4 atom stereocenters. The Labute approximate surface area is 295 Å². The van der Waals surface area contributed by atoms with Crippen LogP contribution in [0.2, 0.25) is 0 Å². The fraction of sp³-hybridized carbons (Fsp3) is 0.639. The molecule has 1 aromatic rings. The molecule has 6 amide bonds. The smallest absolute Gasteiger partial charge is 0.408 e. The molecular formula is C36H56N6O8. The summed E-state index contributed by atoms with van der Waals surface area (Å²) in [5.74, 6) is -4.19. The number of Topliss-reactive ketones (excluding diaryl/α,β-unsaturated/α-hetero) is 1. The van der Waals surface area contributed by atoms with Gasteiger partial charge in [-0.15, -0.1) is 0 Å². The number of likely N-dealkylation sites (N-methyl/N-ethyl adjacent to an activating group) is 1. The number of rotatable bonds is 13. The van der Waals surface area contributed by atoms with E-state index in [1.807, 2.05) is 13.8 Å². The summed E-state index contributed by atoms with van der Waals surface area (Å²) in [4.78, 5) is 95.1. The van der Waals surface area contributed by atoms with Crippen molar-refractivity contribution in [2.75, 3.05) is 27.2 Å². The van der Waals surface area contributed by atoms with Crippen molar-refractivity contribution >= 4 is 41.4 Å². The lowest BCUT2D eigenvalue weighted by atomic mass is 9.85. The second-order valence-corrected chi connectivity index (χ2v) is 15.8. The van der Waals surface area contributed by atoms with Crippen LogP contribution in [0.3, 0.4) is 0 Å². The van der Waals surface area contributed by atoms with Crippen LogP contribution in [0.1, 0.15) is 93.2 Å². The highest BCUT2D eigenvalue weighted by Crippen LogP contribution is 2.36. The third-order valence-electron chi connectivity index (χ3n) is 8.05. The van der Waals surface area contributed by atoms with Gasteiger partial charge in [0.05, 0.1) is 12.6 Å². The zero-order valence-corrected chi connectivity index (χ0v) is 31.4. The van der Waals surface area contributed by atoms with Crippen molar-refractivity contribution in [3.8, 4) is 0 Å². The molecule has 2 rings (SSSR count). The summed E-state index contributed by atoms with van der Waals surface area (Å²) in [6.45, 7) is 15.8. The lowest BCUT2D eigenvalue weighted by Gasteiger charge is -2.36. The van der Waals surface area contributed by atoms with Gasteiger partial charge in [0.2, 0.25) is 29.4 Å². The molecule has 0 radical (unpaired) electrons. The fourth-order valence-electron chi connectivity index (χ4n) is 5.61. The molecule has 14 heteroatoms. The predicted molar refractivity (Wildman–Crippen MR) is 187 cm³/mol. The first-order valence-corrected chi connectivity index (χ1v) is 16.9. The van der Waals surface area contributed by atoms with Crippen molar-refractivity contribution in [3.63, 3.8) is 0 Å². The number of nitrogens with one attached hydrogen (secondary N) is 4. The number of likely N-dealkylation sites (tertiary alicyclic amines) is 1. The number of ketones is 1. The van der Waals surface area contributed by atoms with Crippen molar-refractivity contribution in [3.05, 3.63) is 35.9 Å². The summed E-state index contributed by atoms with van der Waals surface area (Å²) in [5.41, 5.74) is -1.45. The molecule has 0 spiro atoms. The van der Waals surface area contributed by atoms with Gasteiger partial charge in [-0.3, -0.25) is 28.8 Å². The maximum absolute atomic E-state index is 14.0. The van der Waals surface area contributed by atoms with Crippen LogP contribution in [0.25, 0.3) is 0 Å². The molecule has 4 N–H and O–H groups in total. The molecule has 1 fully saturated rings. The summed E-state index contributed by atoms with van der Waals surface area (Å²) in [7, 11) is 3.11. The van der Waals surface area contributed by atoms with Crippen LogP contribution in [-0.2, 0) is 33.5 Å². The number of amides is 6. The Kier molecular flexibility index (Phi) is 14.1. The maximum Gasteiger partial charge on any atom is 0.408 e. The van der Waals surface area contributed by atoms with Crippen molar-refractivity contribution in [1.82, 2.24) is 31.1 Å². The normalized spacial score (nSPS) is 17.4. The molecule has 1 aliphatic rings. The third kappa shape index (κ3) is 12.1. The van der Waals surface area contributed by atoms with E-state index in [1.165, 1.54) is 9.80 Å². The van der Waals surface area contributed by atoms with Gasteiger partial charge in [-0.1, -0.05) is 78.3 Å². The molecule has 14 nitrogen and oxygen atoms in total. The van der Waals surface area contributed by atoms with Gasteiger partial charge in [0.15, 0.2) is 0 Å². The average molecular weight is 701 g/mol. The monoisotopic (exact) mass is 700 g/mol. The zero-order valence-electron chi connectivity index (χ0n) is 31.4. The summed E-state index contributed by atoms with van der Waals surface area (Å²) >= 11 is 0. The molecule has 1 aliphatic heterocycles. The Balaban J connectivity index is 2.18. The first-order chi connectivity index (χ1) is 23.0. The molecule has 50 heavy (non-hydrogen) atoms. The minimum Gasteiger partial charge on any atom is -0.444 e. The Hall–Kier alpha value is -4.49. The molecule has 1 unspecified atom stereocenters. The highest BCUT2D eigenvalue weighted by molar-refractivity contribution is 6.38. The van der Waals surface area contributed by atoms with Crippen molar-refractivity contribution in [1.29, 1.82) is 0 Å². The Bertz CT molecular complexity index is 1410.